The van der Waals surface area contributed by atoms with Crippen LogP contribution in [0.25, 0.3) is 0 Å². The minimum absolute atomic E-state index is 0.155. The van der Waals surface area contributed by atoms with E-state index < -0.39 is 28.9 Å². The first-order valence-electron chi connectivity index (χ1n) is 5.61. The van der Waals surface area contributed by atoms with Crippen LogP contribution in [0.2, 0.25) is 0 Å². The number of nitrogens with one attached hydrogen (secondary N) is 2. The maximum atomic E-state index is 12.2. The quantitative estimate of drug-likeness (QED) is 0.693. The second-order valence-electron chi connectivity index (χ2n) is 4.92. The average Bonchev–Trinajstić information content (AvgIpc) is 2.53. The fourth-order valence-electron chi connectivity index (χ4n) is 2.01. The molecule has 0 unspecified atom stereocenters. The van der Waals surface area contributed by atoms with E-state index in [-0.39, 0.29) is 11.5 Å². The summed E-state index contributed by atoms with van der Waals surface area (Å²) in [5.41, 5.74) is -1.03. The standard InChI is InChI=1S/C12H11F3N2O3/c1-11(2)7-5(16-9(11)19)3-4-6(8(7)18)17-10(20)12(13,14)15/h3-4,18H,1-2H3,(H,16,19)(H,17,20). The summed E-state index contributed by atoms with van der Waals surface area (Å²) in [6.45, 7) is 3.03. The summed E-state index contributed by atoms with van der Waals surface area (Å²) in [6.07, 6.45) is -5.06. The van der Waals surface area contributed by atoms with Crippen LogP contribution in [0.15, 0.2) is 12.1 Å². The van der Waals surface area contributed by atoms with Crippen molar-refractivity contribution in [2.75, 3.05) is 10.6 Å². The fraction of sp³-hybridized carbons (Fsp3) is 0.333. The highest BCUT2D eigenvalue weighted by atomic mass is 19.4. The first kappa shape index (κ1) is 14.2. The molecule has 0 saturated carbocycles. The van der Waals surface area contributed by atoms with Crippen LogP contribution in [-0.4, -0.2) is 23.1 Å². The van der Waals surface area contributed by atoms with Crippen molar-refractivity contribution in [3.8, 4) is 5.75 Å². The number of hydrogen-bond donors (Lipinski definition) is 3. The van der Waals surface area contributed by atoms with Crippen LogP contribution in [0.1, 0.15) is 19.4 Å². The second-order valence-corrected chi connectivity index (χ2v) is 4.92. The van der Waals surface area contributed by atoms with Gasteiger partial charge in [-0.05, 0) is 26.0 Å². The summed E-state index contributed by atoms with van der Waals surface area (Å²) < 4.78 is 36.6. The minimum atomic E-state index is -5.06. The van der Waals surface area contributed by atoms with Crippen molar-refractivity contribution in [1.29, 1.82) is 0 Å². The molecular formula is C12H11F3N2O3. The van der Waals surface area contributed by atoms with Crippen molar-refractivity contribution in [3.05, 3.63) is 17.7 Å². The zero-order valence-corrected chi connectivity index (χ0v) is 10.6. The lowest BCUT2D eigenvalue weighted by Crippen LogP contribution is -2.30. The molecular weight excluding hydrogens is 277 g/mol. The molecule has 108 valence electrons. The lowest BCUT2D eigenvalue weighted by molar-refractivity contribution is -0.167. The molecule has 0 bridgehead atoms. The number of carbonyl (C=O) groups excluding carboxylic acids is 2. The molecule has 3 N–H and O–H groups in total. The summed E-state index contributed by atoms with van der Waals surface area (Å²) in [7, 11) is 0. The van der Waals surface area contributed by atoms with Gasteiger partial charge in [-0.1, -0.05) is 0 Å². The van der Waals surface area contributed by atoms with Crippen molar-refractivity contribution < 1.29 is 27.9 Å². The normalized spacial score (nSPS) is 16.6. The summed E-state index contributed by atoms with van der Waals surface area (Å²) in [5.74, 6) is -3.13. The number of anilines is 2. The molecule has 8 heteroatoms. The molecule has 5 nitrogen and oxygen atoms in total. The Labute approximate surface area is 111 Å². The van der Waals surface area contributed by atoms with Crippen molar-refractivity contribution in [2.45, 2.75) is 25.4 Å². The summed E-state index contributed by atoms with van der Waals surface area (Å²) in [6, 6.07) is 2.42. The number of phenolic OH excluding ortho intramolecular Hbond substituents is 1. The van der Waals surface area contributed by atoms with Gasteiger partial charge in [-0.2, -0.15) is 13.2 Å². The van der Waals surface area contributed by atoms with Crippen LogP contribution in [0.4, 0.5) is 24.5 Å². The maximum Gasteiger partial charge on any atom is 0.471 e. The smallest absolute Gasteiger partial charge is 0.471 e. The van der Waals surface area contributed by atoms with Crippen LogP contribution in [0, 0.1) is 0 Å². The van der Waals surface area contributed by atoms with Gasteiger partial charge in [0.2, 0.25) is 5.91 Å². The van der Waals surface area contributed by atoms with E-state index in [2.05, 4.69) is 5.32 Å². The number of aromatic hydroxyl groups is 1. The maximum absolute atomic E-state index is 12.2. The molecule has 20 heavy (non-hydrogen) atoms. The molecule has 1 aliphatic heterocycles. The molecule has 0 radical (unpaired) electrons. The molecule has 1 heterocycles. The van der Waals surface area contributed by atoms with Crippen LogP contribution in [0.3, 0.4) is 0 Å². The number of phenols is 1. The highest BCUT2D eigenvalue weighted by Crippen LogP contribution is 2.46. The second kappa shape index (κ2) is 4.12. The molecule has 0 aromatic heterocycles. The number of amides is 2. The van der Waals surface area contributed by atoms with E-state index in [1.54, 1.807) is 5.32 Å². The van der Waals surface area contributed by atoms with Gasteiger partial charge < -0.3 is 15.7 Å². The van der Waals surface area contributed by atoms with Gasteiger partial charge in [0, 0.05) is 11.3 Å². The number of carbonyl (C=O) groups is 2. The molecule has 0 atom stereocenters. The molecule has 1 aromatic rings. The Morgan fingerprint density at radius 1 is 1.35 bits per heavy atom. The number of fused-ring (bicyclic) bond motifs is 1. The van der Waals surface area contributed by atoms with Gasteiger partial charge >= 0.3 is 12.1 Å². The molecule has 0 fully saturated rings. The van der Waals surface area contributed by atoms with Crippen molar-refractivity contribution in [1.82, 2.24) is 0 Å². The number of halogens is 3. The first-order valence-corrected chi connectivity index (χ1v) is 5.61. The van der Waals surface area contributed by atoms with Crippen LogP contribution < -0.4 is 10.6 Å². The lowest BCUT2D eigenvalue weighted by Gasteiger charge is -2.18. The zero-order valence-electron chi connectivity index (χ0n) is 10.6. The van der Waals surface area contributed by atoms with E-state index in [1.807, 2.05) is 0 Å². The SMILES string of the molecule is CC1(C)C(=O)Nc2ccc(NC(=O)C(F)(F)F)c(O)c21. The van der Waals surface area contributed by atoms with E-state index in [0.29, 0.717) is 5.69 Å². The largest absolute Gasteiger partial charge is 0.505 e. The van der Waals surface area contributed by atoms with Gasteiger partial charge in [-0.25, -0.2) is 0 Å². The van der Waals surface area contributed by atoms with Gasteiger partial charge in [0.25, 0.3) is 0 Å². The summed E-state index contributed by atoms with van der Waals surface area (Å²) in [4.78, 5) is 22.6. The Hall–Kier alpha value is -2.25. The number of alkyl halides is 3. The topological polar surface area (TPSA) is 78.4 Å². The zero-order chi connectivity index (χ0) is 15.3. The number of benzene rings is 1. The van der Waals surface area contributed by atoms with E-state index in [9.17, 15) is 27.9 Å². The Bertz CT molecular complexity index is 609. The highest BCUT2D eigenvalue weighted by molar-refractivity contribution is 6.08. The van der Waals surface area contributed by atoms with E-state index in [4.69, 9.17) is 0 Å². The number of hydrogen-bond acceptors (Lipinski definition) is 3. The Balaban J connectivity index is 2.44. The molecule has 0 spiro atoms. The third kappa shape index (κ3) is 2.06. The van der Waals surface area contributed by atoms with E-state index in [0.717, 1.165) is 6.07 Å². The van der Waals surface area contributed by atoms with Gasteiger partial charge in [-0.3, -0.25) is 9.59 Å². The molecule has 1 aliphatic rings. The van der Waals surface area contributed by atoms with Gasteiger partial charge in [0.1, 0.15) is 5.75 Å². The first-order chi connectivity index (χ1) is 9.05. The third-order valence-electron chi connectivity index (χ3n) is 3.12. The van der Waals surface area contributed by atoms with Crippen molar-refractivity contribution in [3.63, 3.8) is 0 Å². The van der Waals surface area contributed by atoms with Crippen LogP contribution in [0.5, 0.6) is 5.75 Å². The van der Waals surface area contributed by atoms with Gasteiger partial charge in [0.15, 0.2) is 0 Å². The van der Waals surface area contributed by atoms with E-state index >= 15 is 0 Å². The Morgan fingerprint density at radius 2 is 1.95 bits per heavy atom. The van der Waals surface area contributed by atoms with Gasteiger partial charge in [0.05, 0.1) is 11.1 Å². The fourth-order valence-corrected chi connectivity index (χ4v) is 2.01. The van der Waals surface area contributed by atoms with Crippen LogP contribution in [-0.2, 0) is 15.0 Å². The molecule has 1 aromatic carbocycles. The molecule has 2 amide bonds. The number of rotatable bonds is 1. The minimum Gasteiger partial charge on any atom is -0.505 e. The van der Waals surface area contributed by atoms with Crippen LogP contribution >= 0.6 is 0 Å². The Kier molecular flexibility index (Phi) is 2.92. The molecule has 2 rings (SSSR count). The molecule has 0 saturated heterocycles. The van der Waals surface area contributed by atoms with Crippen molar-refractivity contribution >= 4 is 23.2 Å². The van der Waals surface area contributed by atoms with Crippen molar-refractivity contribution in [2.24, 2.45) is 0 Å². The lowest BCUT2D eigenvalue weighted by atomic mass is 9.85. The molecule has 0 aliphatic carbocycles. The summed E-state index contributed by atoms with van der Waals surface area (Å²) in [5, 5.41) is 14.1. The predicted molar refractivity (Wildman–Crippen MR) is 64.4 cm³/mol. The summed E-state index contributed by atoms with van der Waals surface area (Å²) >= 11 is 0. The van der Waals surface area contributed by atoms with Gasteiger partial charge in [-0.15, -0.1) is 0 Å². The van der Waals surface area contributed by atoms with E-state index in [1.165, 1.54) is 19.9 Å². The third-order valence-corrected chi connectivity index (χ3v) is 3.12. The Morgan fingerprint density at radius 3 is 2.50 bits per heavy atom. The highest BCUT2D eigenvalue weighted by Gasteiger charge is 2.43. The monoisotopic (exact) mass is 288 g/mol. The average molecular weight is 288 g/mol. The predicted octanol–water partition coefficient (Wildman–Crippen LogP) is 2.12.